The van der Waals surface area contributed by atoms with Gasteiger partial charge in [0, 0.05) is 17.7 Å². The first-order valence-corrected chi connectivity index (χ1v) is 4.29. The first kappa shape index (κ1) is 7.79. The molecule has 0 aliphatic carbocycles. The molecule has 66 valence electrons. The van der Waals surface area contributed by atoms with Crippen molar-refractivity contribution in [1.82, 2.24) is 0 Å². The van der Waals surface area contributed by atoms with Crippen LogP contribution in [-0.4, -0.2) is 12.2 Å². The summed E-state index contributed by atoms with van der Waals surface area (Å²) >= 11 is 1.27. The van der Waals surface area contributed by atoms with Crippen LogP contribution < -0.4 is 9.47 Å². The lowest BCUT2D eigenvalue weighted by molar-refractivity contribution is -0.193. The van der Waals surface area contributed by atoms with E-state index >= 15 is 0 Å². The van der Waals surface area contributed by atoms with Gasteiger partial charge in [0.05, 0.1) is 0 Å². The zero-order valence-corrected chi connectivity index (χ0v) is 7.03. The molecular weight excluding hydrogens is 186 g/mol. The van der Waals surface area contributed by atoms with Gasteiger partial charge in [0.15, 0.2) is 11.5 Å². The van der Waals surface area contributed by atoms with Crippen molar-refractivity contribution in [2.75, 3.05) is 0 Å². The lowest BCUT2D eigenvalue weighted by Crippen LogP contribution is -2.44. The van der Waals surface area contributed by atoms with Crippen molar-refractivity contribution < 1.29 is 18.3 Å². The van der Waals surface area contributed by atoms with Gasteiger partial charge in [-0.1, -0.05) is 0 Å². The molecule has 2 unspecified atom stereocenters. The molecule has 0 saturated heterocycles. The highest BCUT2D eigenvalue weighted by atomic mass is 32.1. The van der Waals surface area contributed by atoms with E-state index in [-0.39, 0.29) is 11.5 Å². The third-order valence-electron chi connectivity index (χ3n) is 1.54. The Bertz CT molecular complexity index is 297. The van der Waals surface area contributed by atoms with Gasteiger partial charge in [-0.15, -0.1) is 11.3 Å². The standard InChI is InChI=1S/C7H6F2O2S/c1-7(9)6(8)10-4-2-12-3-5(4)11-7/h2-3,6H,1H3. The molecule has 12 heavy (non-hydrogen) atoms. The minimum atomic E-state index is -2.38. The van der Waals surface area contributed by atoms with Crippen molar-refractivity contribution in [3.05, 3.63) is 10.8 Å². The Morgan fingerprint density at radius 1 is 1.50 bits per heavy atom. The Kier molecular flexibility index (Phi) is 1.51. The second-order valence-electron chi connectivity index (χ2n) is 2.62. The van der Waals surface area contributed by atoms with E-state index in [1.54, 1.807) is 10.8 Å². The molecule has 2 rings (SSSR count). The normalized spacial score (nSPS) is 33.4. The summed E-state index contributed by atoms with van der Waals surface area (Å²) in [5, 5.41) is 3.14. The van der Waals surface area contributed by atoms with Crippen molar-refractivity contribution in [3.63, 3.8) is 0 Å². The molecule has 0 bridgehead atoms. The largest absolute Gasteiger partial charge is 0.449 e. The summed E-state index contributed by atoms with van der Waals surface area (Å²) in [6.45, 7) is 0.998. The number of alkyl halides is 2. The van der Waals surface area contributed by atoms with Gasteiger partial charge in [-0.3, -0.25) is 0 Å². The third-order valence-corrected chi connectivity index (χ3v) is 2.24. The van der Waals surface area contributed by atoms with Gasteiger partial charge in [0.25, 0.3) is 0 Å². The zero-order chi connectivity index (χ0) is 8.77. The Balaban J connectivity index is 2.35. The van der Waals surface area contributed by atoms with Crippen molar-refractivity contribution in [3.8, 4) is 11.5 Å². The molecule has 1 aromatic rings. The van der Waals surface area contributed by atoms with E-state index in [2.05, 4.69) is 4.74 Å². The maximum absolute atomic E-state index is 13.1. The summed E-state index contributed by atoms with van der Waals surface area (Å²) < 4.78 is 35.2. The molecule has 1 aromatic heterocycles. The van der Waals surface area contributed by atoms with E-state index in [9.17, 15) is 8.78 Å². The van der Waals surface area contributed by atoms with Crippen LogP contribution in [0.1, 0.15) is 6.92 Å². The quantitative estimate of drug-likeness (QED) is 0.628. The van der Waals surface area contributed by atoms with Gasteiger partial charge in [-0.05, 0) is 0 Å². The van der Waals surface area contributed by atoms with Gasteiger partial charge in [-0.2, -0.15) is 8.78 Å². The van der Waals surface area contributed by atoms with Crippen LogP contribution in [0, 0.1) is 0 Å². The van der Waals surface area contributed by atoms with E-state index in [4.69, 9.17) is 4.74 Å². The molecule has 1 aliphatic heterocycles. The van der Waals surface area contributed by atoms with Crippen LogP contribution in [0.5, 0.6) is 11.5 Å². The van der Waals surface area contributed by atoms with Gasteiger partial charge < -0.3 is 9.47 Å². The highest BCUT2D eigenvalue weighted by Gasteiger charge is 2.44. The van der Waals surface area contributed by atoms with Gasteiger partial charge >= 0.3 is 12.2 Å². The number of fused-ring (bicyclic) bond motifs is 1. The summed E-state index contributed by atoms with van der Waals surface area (Å²) in [5.41, 5.74) is 0. The maximum Gasteiger partial charge on any atom is 0.312 e. The molecule has 0 amide bonds. The van der Waals surface area contributed by atoms with Crippen molar-refractivity contribution in [1.29, 1.82) is 0 Å². The van der Waals surface area contributed by atoms with Crippen LogP contribution in [0.4, 0.5) is 8.78 Å². The molecule has 0 aromatic carbocycles. The van der Waals surface area contributed by atoms with Crippen LogP contribution in [0.3, 0.4) is 0 Å². The molecule has 5 heteroatoms. The SMILES string of the molecule is CC1(F)Oc2cscc2OC1F. The smallest absolute Gasteiger partial charge is 0.312 e. The fourth-order valence-electron chi connectivity index (χ4n) is 0.912. The monoisotopic (exact) mass is 192 g/mol. The minimum Gasteiger partial charge on any atom is -0.449 e. The second kappa shape index (κ2) is 2.32. The molecule has 2 heterocycles. The summed E-state index contributed by atoms with van der Waals surface area (Å²) in [6, 6.07) is 0. The van der Waals surface area contributed by atoms with Gasteiger partial charge in [0.2, 0.25) is 0 Å². The van der Waals surface area contributed by atoms with Crippen molar-refractivity contribution in [2.45, 2.75) is 19.1 Å². The predicted octanol–water partition coefficient (Wildman–Crippen LogP) is 2.50. The molecule has 1 aliphatic rings. The summed E-state index contributed by atoms with van der Waals surface area (Å²) in [6.07, 6.45) is -2.06. The predicted molar refractivity (Wildman–Crippen MR) is 40.0 cm³/mol. The number of hydrogen-bond acceptors (Lipinski definition) is 3. The van der Waals surface area contributed by atoms with Crippen LogP contribution in [0.15, 0.2) is 10.8 Å². The van der Waals surface area contributed by atoms with E-state index in [0.29, 0.717) is 0 Å². The van der Waals surface area contributed by atoms with Crippen molar-refractivity contribution in [2.24, 2.45) is 0 Å². The molecule has 0 N–H and O–H groups in total. The molecule has 2 nitrogen and oxygen atoms in total. The van der Waals surface area contributed by atoms with Crippen molar-refractivity contribution >= 4 is 11.3 Å². The Morgan fingerprint density at radius 3 is 2.92 bits per heavy atom. The number of thiophene rings is 1. The van der Waals surface area contributed by atoms with E-state index in [1.165, 1.54) is 11.3 Å². The first-order valence-electron chi connectivity index (χ1n) is 3.34. The highest BCUT2D eigenvalue weighted by molar-refractivity contribution is 7.08. The van der Waals surface area contributed by atoms with Crippen LogP contribution >= 0.6 is 11.3 Å². The molecule has 0 fully saturated rings. The Labute approximate surface area is 71.7 Å². The van der Waals surface area contributed by atoms with Crippen LogP contribution in [0.2, 0.25) is 0 Å². The van der Waals surface area contributed by atoms with E-state index in [1.807, 2.05) is 0 Å². The fourth-order valence-corrected chi connectivity index (χ4v) is 1.56. The second-order valence-corrected chi connectivity index (χ2v) is 3.37. The van der Waals surface area contributed by atoms with Crippen LogP contribution in [-0.2, 0) is 0 Å². The Hall–Kier alpha value is -0.840. The Morgan fingerprint density at radius 2 is 2.17 bits per heavy atom. The zero-order valence-electron chi connectivity index (χ0n) is 6.21. The molecule has 0 radical (unpaired) electrons. The average molecular weight is 192 g/mol. The molecule has 0 spiro atoms. The third kappa shape index (κ3) is 1.04. The summed E-state index contributed by atoms with van der Waals surface area (Å²) in [4.78, 5) is 0. The topological polar surface area (TPSA) is 18.5 Å². The average Bonchev–Trinajstić information content (AvgIpc) is 2.35. The van der Waals surface area contributed by atoms with Crippen LogP contribution in [0.25, 0.3) is 0 Å². The summed E-state index contributed by atoms with van der Waals surface area (Å²) in [5.74, 6) is -1.85. The minimum absolute atomic E-state index is 0.263. The number of rotatable bonds is 0. The van der Waals surface area contributed by atoms with E-state index in [0.717, 1.165) is 6.92 Å². The maximum atomic E-state index is 13.1. The lowest BCUT2D eigenvalue weighted by atomic mass is 10.3. The fraction of sp³-hybridized carbons (Fsp3) is 0.429. The number of hydrogen-bond donors (Lipinski definition) is 0. The highest BCUT2D eigenvalue weighted by Crippen LogP contribution is 2.41. The van der Waals surface area contributed by atoms with Gasteiger partial charge in [0.1, 0.15) is 0 Å². The first-order chi connectivity index (χ1) is 5.59. The van der Waals surface area contributed by atoms with Gasteiger partial charge in [-0.25, -0.2) is 0 Å². The lowest BCUT2D eigenvalue weighted by Gasteiger charge is -2.30. The summed E-state index contributed by atoms with van der Waals surface area (Å²) in [7, 11) is 0. The molecule has 2 atom stereocenters. The number of halogens is 2. The molecular formula is C7H6F2O2S. The van der Waals surface area contributed by atoms with E-state index < -0.39 is 12.2 Å². The number of ether oxygens (including phenoxy) is 2. The molecule has 0 saturated carbocycles.